The number of carbonyl (C=O) groups is 1. The number of hydrogen-bond donors (Lipinski definition) is 1. The van der Waals surface area contributed by atoms with E-state index in [4.69, 9.17) is 9.84 Å². The van der Waals surface area contributed by atoms with Crippen LogP contribution in [0.25, 0.3) is 0 Å². The first-order chi connectivity index (χ1) is 6.77. The van der Waals surface area contributed by atoms with Crippen LogP contribution >= 0.6 is 11.3 Å². The van der Waals surface area contributed by atoms with Gasteiger partial charge in [-0.15, -0.1) is 10.2 Å². The average molecular weight is 214 g/mol. The second-order valence-electron chi connectivity index (χ2n) is 3.11. The highest BCUT2D eigenvalue weighted by Crippen LogP contribution is 2.29. The monoisotopic (exact) mass is 214 g/mol. The molecule has 0 aliphatic carbocycles. The van der Waals surface area contributed by atoms with Gasteiger partial charge in [-0.3, -0.25) is 0 Å². The van der Waals surface area contributed by atoms with Gasteiger partial charge < -0.3 is 9.84 Å². The van der Waals surface area contributed by atoms with Gasteiger partial charge in [0.2, 0.25) is 5.01 Å². The van der Waals surface area contributed by atoms with E-state index in [9.17, 15) is 4.79 Å². The lowest BCUT2D eigenvalue weighted by molar-refractivity contribution is 0.0144. The summed E-state index contributed by atoms with van der Waals surface area (Å²) in [6.45, 7) is 0.729. The average Bonchev–Trinajstić information content (AvgIpc) is 2.68. The number of hydrogen-bond acceptors (Lipinski definition) is 5. The highest BCUT2D eigenvalue weighted by Gasteiger charge is 2.21. The molecule has 1 fully saturated rings. The van der Waals surface area contributed by atoms with Crippen LogP contribution < -0.4 is 0 Å². The molecule has 14 heavy (non-hydrogen) atoms. The first-order valence-electron chi connectivity index (χ1n) is 4.45. The largest absolute Gasteiger partial charge is 0.476 e. The molecule has 0 spiro atoms. The molecule has 0 aromatic carbocycles. The number of nitrogens with zero attached hydrogens (tertiary/aromatic N) is 2. The summed E-state index contributed by atoms with van der Waals surface area (Å²) in [5, 5.41) is 16.8. The van der Waals surface area contributed by atoms with Crippen LogP contribution in [0.15, 0.2) is 0 Å². The molecule has 0 radical (unpaired) electrons. The zero-order valence-electron chi connectivity index (χ0n) is 7.47. The normalized spacial score (nSPS) is 22.1. The lowest BCUT2D eigenvalue weighted by Gasteiger charge is -2.19. The molecular formula is C8H10N2O3S. The first kappa shape index (κ1) is 9.54. The summed E-state index contributed by atoms with van der Waals surface area (Å²) < 4.78 is 5.47. The Kier molecular flexibility index (Phi) is 2.74. The molecule has 2 rings (SSSR count). The van der Waals surface area contributed by atoms with Crippen LogP contribution in [0.3, 0.4) is 0 Å². The molecular weight excluding hydrogens is 204 g/mol. The zero-order valence-corrected chi connectivity index (χ0v) is 8.29. The Morgan fingerprint density at radius 3 is 2.93 bits per heavy atom. The maximum atomic E-state index is 10.6. The Labute approximate surface area is 84.7 Å². The zero-order chi connectivity index (χ0) is 9.97. The quantitative estimate of drug-likeness (QED) is 0.807. The number of aromatic carboxylic acids is 1. The molecule has 6 heteroatoms. The summed E-state index contributed by atoms with van der Waals surface area (Å²) in [6, 6.07) is 0. The Morgan fingerprint density at radius 2 is 2.36 bits per heavy atom. The first-order valence-corrected chi connectivity index (χ1v) is 5.27. The van der Waals surface area contributed by atoms with E-state index in [2.05, 4.69) is 10.2 Å². The molecule has 0 bridgehead atoms. The van der Waals surface area contributed by atoms with Crippen LogP contribution in [0.2, 0.25) is 0 Å². The molecule has 1 aromatic heterocycles. The summed E-state index contributed by atoms with van der Waals surface area (Å²) in [7, 11) is 0. The number of ether oxygens (including phenoxy) is 1. The molecule has 1 N–H and O–H groups in total. The Hall–Kier alpha value is -1.01. The number of rotatable bonds is 2. The van der Waals surface area contributed by atoms with Gasteiger partial charge in [0, 0.05) is 6.61 Å². The third-order valence-corrected chi connectivity index (χ3v) is 3.08. The molecule has 2 heterocycles. The molecule has 76 valence electrons. The number of aromatic nitrogens is 2. The highest BCUT2D eigenvalue weighted by molar-refractivity contribution is 7.13. The third kappa shape index (κ3) is 1.91. The summed E-state index contributed by atoms with van der Waals surface area (Å²) in [4.78, 5) is 10.6. The minimum absolute atomic E-state index is 0.0363. The summed E-state index contributed by atoms with van der Waals surface area (Å²) in [6.07, 6.45) is 3.04. The van der Waals surface area contributed by atoms with Gasteiger partial charge in [0.15, 0.2) is 0 Å². The second-order valence-corrected chi connectivity index (χ2v) is 4.11. The number of carboxylic acids is 1. The van der Waals surface area contributed by atoms with Crippen LogP contribution in [0, 0.1) is 0 Å². The van der Waals surface area contributed by atoms with E-state index in [0.717, 1.165) is 37.2 Å². The van der Waals surface area contributed by atoms with E-state index in [1.165, 1.54) is 0 Å². The molecule has 0 saturated carbocycles. The SMILES string of the molecule is O=C(O)c1nnc(C2CCCCO2)s1. The minimum Gasteiger partial charge on any atom is -0.476 e. The van der Waals surface area contributed by atoms with Crippen molar-refractivity contribution in [2.45, 2.75) is 25.4 Å². The fourth-order valence-corrected chi connectivity index (χ4v) is 2.15. The minimum atomic E-state index is -1.02. The smallest absolute Gasteiger partial charge is 0.367 e. The fourth-order valence-electron chi connectivity index (χ4n) is 1.39. The highest BCUT2D eigenvalue weighted by atomic mass is 32.1. The molecule has 1 unspecified atom stereocenters. The summed E-state index contributed by atoms with van der Waals surface area (Å²) in [5.74, 6) is -1.02. The molecule has 0 amide bonds. The van der Waals surface area contributed by atoms with Crippen LogP contribution in [-0.4, -0.2) is 27.9 Å². The second kappa shape index (κ2) is 4.02. The van der Waals surface area contributed by atoms with Gasteiger partial charge in [-0.1, -0.05) is 11.3 Å². The standard InChI is InChI=1S/C8H10N2O3S/c11-8(12)7-10-9-6(14-7)5-3-1-2-4-13-5/h5H,1-4H2,(H,11,12). The van der Waals surface area contributed by atoms with Crippen molar-refractivity contribution in [1.82, 2.24) is 10.2 Å². The fraction of sp³-hybridized carbons (Fsp3) is 0.625. The van der Waals surface area contributed by atoms with Crippen molar-refractivity contribution >= 4 is 17.3 Å². The van der Waals surface area contributed by atoms with Gasteiger partial charge in [0.25, 0.3) is 0 Å². The van der Waals surface area contributed by atoms with Crippen molar-refractivity contribution in [2.75, 3.05) is 6.61 Å². The maximum Gasteiger partial charge on any atom is 0.367 e. The molecule has 1 aromatic rings. The lowest BCUT2D eigenvalue weighted by Crippen LogP contribution is -2.11. The van der Waals surface area contributed by atoms with E-state index in [1.807, 2.05) is 0 Å². The van der Waals surface area contributed by atoms with E-state index in [1.54, 1.807) is 0 Å². The van der Waals surface area contributed by atoms with Crippen molar-refractivity contribution in [2.24, 2.45) is 0 Å². The van der Waals surface area contributed by atoms with E-state index >= 15 is 0 Å². The summed E-state index contributed by atoms with van der Waals surface area (Å²) in [5.41, 5.74) is 0. The molecule has 1 aliphatic heterocycles. The summed E-state index contributed by atoms with van der Waals surface area (Å²) >= 11 is 1.10. The predicted molar refractivity (Wildman–Crippen MR) is 49.4 cm³/mol. The van der Waals surface area contributed by atoms with Gasteiger partial charge in [-0.25, -0.2) is 4.79 Å². The maximum absolute atomic E-state index is 10.6. The topological polar surface area (TPSA) is 72.3 Å². The van der Waals surface area contributed by atoms with Crippen LogP contribution in [0.1, 0.15) is 40.2 Å². The molecule has 1 atom stereocenters. The lowest BCUT2D eigenvalue weighted by atomic mass is 10.1. The van der Waals surface area contributed by atoms with Crippen molar-refractivity contribution in [3.63, 3.8) is 0 Å². The van der Waals surface area contributed by atoms with Crippen LogP contribution in [0.4, 0.5) is 0 Å². The Morgan fingerprint density at radius 1 is 1.50 bits per heavy atom. The van der Waals surface area contributed by atoms with E-state index in [0.29, 0.717) is 5.01 Å². The van der Waals surface area contributed by atoms with Gasteiger partial charge in [0.1, 0.15) is 11.1 Å². The van der Waals surface area contributed by atoms with Crippen LogP contribution in [0.5, 0.6) is 0 Å². The molecule has 1 aliphatic rings. The van der Waals surface area contributed by atoms with Crippen molar-refractivity contribution in [1.29, 1.82) is 0 Å². The van der Waals surface area contributed by atoms with E-state index in [-0.39, 0.29) is 11.1 Å². The van der Waals surface area contributed by atoms with Crippen molar-refractivity contribution < 1.29 is 14.6 Å². The predicted octanol–water partition coefficient (Wildman–Crippen LogP) is 1.48. The molecule has 5 nitrogen and oxygen atoms in total. The van der Waals surface area contributed by atoms with Crippen LogP contribution in [-0.2, 0) is 4.74 Å². The van der Waals surface area contributed by atoms with Gasteiger partial charge in [0.05, 0.1) is 0 Å². The Bertz CT molecular complexity index is 333. The van der Waals surface area contributed by atoms with Gasteiger partial charge in [-0.2, -0.15) is 0 Å². The van der Waals surface area contributed by atoms with Gasteiger partial charge in [-0.05, 0) is 19.3 Å². The van der Waals surface area contributed by atoms with Crippen molar-refractivity contribution in [3.05, 3.63) is 10.0 Å². The number of carboxylic acid groups (broad SMARTS) is 1. The third-order valence-electron chi connectivity index (χ3n) is 2.08. The Balaban J connectivity index is 2.11. The van der Waals surface area contributed by atoms with Crippen molar-refractivity contribution in [3.8, 4) is 0 Å². The molecule has 1 saturated heterocycles. The van der Waals surface area contributed by atoms with Gasteiger partial charge >= 0.3 is 5.97 Å². The van der Waals surface area contributed by atoms with E-state index < -0.39 is 5.97 Å².